The predicted molar refractivity (Wildman–Crippen MR) is 71.5 cm³/mol. The Hall–Kier alpha value is -2.67. The first-order chi connectivity index (χ1) is 9.90. The minimum Gasteiger partial charge on any atom is -0.478 e. The Morgan fingerprint density at radius 1 is 1.33 bits per heavy atom. The van der Waals surface area contributed by atoms with E-state index in [0.717, 1.165) is 24.3 Å². The molecule has 2 aromatic rings. The van der Waals surface area contributed by atoms with Crippen LogP contribution < -0.4 is 4.74 Å². The van der Waals surface area contributed by atoms with Crippen LogP contribution in [0.25, 0.3) is 0 Å². The monoisotopic (exact) mass is 311 g/mol. The number of aromatic carboxylic acids is 1. The number of ether oxygens (including phenoxy) is 1. The molecule has 0 saturated heterocycles. The summed E-state index contributed by atoms with van der Waals surface area (Å²) in [4.78, 5) is 20.9. The summed E-state index contributed by atoms with van der Waals surface area (Å²) >= 11 is 5.74. The van der Waals surface area contributed by atoms with Gasteiger partial charge in [-0.2, -0.15) is 0 Å². The highest BCUT2D eigenvalue weighted by atomic mass is 35.5. The summed E-state index contributed by atoms with van der Waals surface area (Å²) < 4.78 is 18.8. The quantitative estimate of drug-likeness (QED) is 0.683. The number of halogens is 2. The Bertz CT molecular complexity index is 734. The van der Waals surface area contributed by atoms with Crippen molar-refractivity contribution < 1.29 is 24.0 Å². The summed E-state index contributed by atoms with van der Waals surface area (Å²) in [6.45, 7) is 0. The summed E-state index contributed by atoms with van der Waals surface area (Å²) in [5.41, 5.74) is -0.708. The Morgan fingerprint density at radius 2 is 2.05 bits per heavy atom. The largest absolute Gasteiger partial charge is 0.478 e. The van der Waals surface area contributed by atoms with Gasteiger partial charge in [0.2, 0.25) is 5.75 Å². The lowest BCUT2D eigenvalue weighted by Crippen LogP contribution is -1.99. The van der Waals surface area contributed by atoms with Gasteiger partial charge in [-0.15, -0.1) is 0 Å². The molecule has 0 spiro atoms. The molecule has 0 aromatic heterocycles. The first kappa shape index (κ1) is 14.7. The van der Waals surface area contributed by atoms with Gasteiger partial charge in [0, 0.05) is 12.1 Å². The Kier molecular flexibility index (Phi) is 4.04. The molecule has 0 unspecified atom stereocenters. The van der Waals surface area contributed by atoms with Crippen LogP contribution in [0.3, 0.4) is 0 Å². The van der Waals surface area contributed by atoms with Gasteiger partial charge in [-0.05, 0) is 18.2 Å². The standard InChI is InChI=1S/C13H7ClFNO5/c14-9-6-7(4-5-8(9)13(17)18)21-12-10(15)2-1-3-11(12)16(19)20/h1-6H,(H,17,18). The van der Waals surface area contributed by atoms with Gasteiger partial charge in [0.25, 0.3) is 0 Å². The summed E-state index contributed by atoms with van der Waals surface area (Å²) in [6.07, 6.45) is 0. The van der Waals surface area contributed by atoms with Gasteiger partial charge >= 0.3 is 11.7 Å². The van der Waals surface area contributed by atoms with E-state index < -0.39 is 28.1 Å². The van der Waals surface area contributed by atoms with Gasteiger partial charge in [-0.1, -0.05) is 17.7 Å². The zero-order valence-electron chi connectivity index (χ0n) is 10.2. The van der Waals surface area contributed by atoms with Crippen LogP contribution in [-0.2, 0) is 0 Å². The lowest BCUT2D eigenvalue weighted by atomic mass is 10.2. The number of rotatable bonds is 4. The van der Waals surface area contributed by atoms with E-state index in [2.05, 4.69) is 0 Å². The minimum atomic E-state index is -1.23. The highest BCUT2D eigenvalue weighted by Crippen LogP contribution is 2.35. The maximum absolute atomic E-state index is 13.6. The number of carboxylic acid groups (broad SMARTS) is 1. The van der Waals surface area contributed by atoms with E-state index in [1.165, 1.54) is 12.1 Å². The number of carbonyl (C=O) groups is 1. The normalized spacial score (nSPS) is 10.2. The molecule has 0 aliphatic carbocycles. The van der Waals surface area contributed by atoms with E-state index in [4.69, 9.17) is 21.4 Å². The second-order valence-electron chi connectivity index (χ2n) is 3.89. The second kappa shape index (κ2) is 5.76. The van der Waals surface area contributed by atoms with Gasteiger partial charge < -0.3 is 9.84 Å². The van der Waals surface area contributed by atoms with Crippen LogP contribution in [0.5, 0.6) is 11.5 Å². The molecule has 21 heavy (non-hydrogen) atoms. The maximum Gasteiger partial charge on any atom is 0.337 e. The molecule has 0 aliphatic heterocycles. The first-order valence-corrected chi connectivity index (χ1v) is 5.91. The molecule has 0 fully saturated rings. The van der Waals surface area contributed by atoms with Crippen molar-refractivity contribution in [2.45, 2.75) is 0 Å². The molecule has 0 amide bonds. The fraction of sp³-hybridized carbons (Fsp3) is 0. The average molecular weight is 312 g/mol. The van der Waals surface area contributed by atoms with E-state index in [9.17, 15) is 19.3 Å². The zero-order valence-corrected chi connectivity index (χ0v) is 11.0. The van der Waals surface area contributed by atoms with E-state index in [1.807, 2.05) is 0 Å². The number of hydrogen-bond acceptors (Lipinski definition) is 4. The second-order valence-corrected chi connectivity index (χ2v) is 4.30. The number of hydrogen-bond donors (Lipinski definition) is 1. The van der Waals surface area contributed by atoms with E-state index in [0.29, 0.717) is 0 Å². The maximum atomic E-state index is 13.6. The number of para-hydroxylation sites is 1. The Morgan fingerprint density at radius 3 is 2.62 bits per heavy atom. The molecule has 2 rings (SSSR count). The van der Waals surface area contributed by atoms with Gasteiger partial charge in [0.05, 0.1) is 15.5 Å². The number of carboxylic acids is 1. The molecule has 0 radical (unpaired) electrons. The van der Waals surface area contributed by atoms with Crippen molar-refractivity contribution in [1.29, 1.82) is 0 Å². The van der Waals surface area contributed by atoms with Crippen molar-refractivity contribution in [2.75, 3.05) is 0 Å². The molecule has 2 aromatic carbocycles. The van der Waals surface area contributed by atoms with Crippen molar-refractivity contribution in [3.63, 3.8) is 0 Å². The lowest BCUT2D eigenvalue weighted by Gasteiger charge is -2.08. The first-order valence-electron chi connectivity index (χ1n) is 5.53. The molecule has 0 atom stereocenters. The fourth-order valence-corrected chi connectivity index (χ4v) is 1.84. The fourth-order valence-electron chi connectivity index (χ4n) is 1.59. The highest BCUT2D eigenvalue weighted by molar-refractivity contribution is 6.33. The minimum absolute atomic E-state index is 0.0156. The van der Waals surface area contributed by atoms with Gasteiger partial charge in [0.1, 0.15) is 5.75 Å². The number of nitrogens with zero attached hydrogens (tertiary/aromatic N) is 1. The van der Waals surface area contributed by atoms with E-state index in [-0.39, 0.29) is 16.3 Å². The summed E-state index contributed by atoms with van der Waals surface area (Å²) in [5.74, 6) is -2.73. The van der Waals surface area contributed by atoms with Crippen molar-refractivity contribution in [3.05, 3.63) is 62.9 Å². The molecule has 1 N–H and O–H groups in total. The third-order valence-electron chi connectivity index (χ3n) is 2.53. The van der Waals surface area contributed by atoms with Crippen LogP contribution in [0.15, 0.2) is 36.4 Å². The molecule has 0 saturated carbocycles. The summed E-state index contributed by atoms with van der Waals surface area (Å²) in [6, 6.07) is 6.81. The van der Waals surface area contributed by atoms with Gasteiger partial charge in [0.15, 0.2) is 5.82 Å². The van der Waals surface area contributed by atoms with Crippen LogP contribution in [0.2, 0.25) is 5.02 Å². The van der Waals surface area contributed by atoms with Crippen LogP contribution in [0, 0.1) is 15.9 Å². The zero-order chi connectivity index (χ0) is 15.6. The Labute approximate surface area is 122 Å². The average Bonchev–Trinajstić information content (AvgIpc) is 2.40. The number of benzene rings is 2. The SMILES string of the molecule is O=C(O)c1ccc(Oc2c(F)cccc2[N+](=O)[O-])cc1Cl. The third kappa shape index (κ3) is 3.09. The molecule has 0 heterocycles. The molecule has 8 heteroatoms. The van der Waals surface area contributed by atoms with Gasteiger partial charge in [-0.25, -0.2) is 9.18 Å². The van der Waals surface area contributed by atoms with E-state index in [1.54, 1.807) is 0 Å². The molecule has 6 nitrogen and oxygen atoms in total. The highest BCUT2D eigenvalue weighted by Gasteiger charge is 2.20. The summed E-state index contributed by atoms with van der Waals surface area (Å²) in [7, 11) is 0. The Balaban J connectivity index is 2.41. The third-order valence-corrected chi connectivity index (χ3v) is 2.85. The molecule has 108 valence electrons. The molecule has 0 aliphatic rings. The molecule has 0 bridgehead atoms. The van der Waals surface area contributed by atoms with Crippen LogP contribution in [-0.4, -0.2) is 16.0 Å². The van der Waals surface area contributed by atoms with Crippen molar-refractivity contribution in [1.82, 2.24) is 0 Å². The van der Waals surface area contributed by atoms with Crippen LogP contribution in [0.4, 0.5) is 10.1 Å². The topological polar surface area (TPSA) is 89.7 Å². The number of nitro groups is 1. The van der Waals surface area contributed by atoms with Crippen LogP contribution >= 0.6 is 11.6 Å². The lowest BCUT2D eigenvalue weighted by molar-refractivity contribution is -0.385. The van der Waals surface area contributed by atoms with Crippen molar-refractivity contribution in [2.24, 2.45) is 0 Å². The predicted octanol–water partition coefficient (Wildman–Crippen LogP) is 3.88. The number of nitro benzene ring substituents is 1. The van der Waals surface area contributed by atoms with E-state index >= 15 is 0 Å². The van der Waals surface area contributed by atoms with Gasteiger partial charge in [-0.3, -0.25) is 10.1 Å². The summed E-state index contributed by atoms with van der Waals surface area (Å²) in [5, 5.41) is 19.5. The van der Waals surface area contributed by atoms with Crippen molar-refractivity contribution >= 4 is 23.3 Å². The van der Waals surface area contributed by atoms with Crippen molar-refractivity contribution in [3.8, 4) is 11.5 Å². The smallest absolute Gasteiger partial charge is 0.337 e. The molecular weight excluding hydrogens is 305 g/mol. The van der Waals surface area contributed by atoms with Crippen LogP contribution in [0.1, 0.15) is 10.4 Å². The molecular formula is C13H7ClFNO5.